The van der Waals surface area contributed by atoms with E-state index in [9.17, 15) is 9.59 Å². The first kappa shape index (κ1) is 11.6. The first-order chi connectivity index (χ1) is 7.30. The van der Waals surface area contributed by atoms with Crippen LogP contribution in [0.4, 0.5) is 0 Å². The van der Waals surface area contributed by atoms with Crippen molar-refractivity contribution >= 4 is 11.8 Å². The van der Waals surface area contributed by atoms with Crippen LogP contribution in [0.15, 0.2) is 0 Å². The van der Waals surface area contributed by atoms with E-state index >= 15 is 0 Å². The maximum Gasteiger partial charge on any atom is 0.317 e. The summed E-state index contributed by atoms with van der Waals surface area (Å²) in [7, 11) is 0. The van der Waals surface area contributed by atoms with Gasteiger partial charge in [0.15, 0.2) is 5.78 Å². The Kier molecular flexibility index (Phi) is 2.38. The summed E-state index contributed by atoms with van der Waals surface area (Å²) >= 11 is 0. The first-order valence-electron chi connectivity index (χ1n) is 5.80. The van der Waals surface area contributed by atoms with Crippen molar-refractivity contribution in [3.63, 3.8) is 0 Å². The van der Waals surface area contributed by atoms with Gasteiger partial charge in [0, 0.05) is 5.41 Å². The molecule has 4 heteroatoms. The molecule has 0 aromatic rings. The van der Waals surface area contributed by atoms with E-state index in [1.54, 1.807) is 0 Å². The Balaban J connectivity index is 2.20. The highest BCUT2D eigenvalue weighted by molar-refractivity contribution is 5.94. The van der Waals surface area contributed by atoms with E-state index < -0.39 is 5.97 Å². The van der Waals surface area contributed by atoms with Crippen LogP contribution in [0.3, 0.4) is 0 Å². The normalized spacial score (nSPS) is 40.3. The summed E-state index contributed by atoms with van der Waals surface area (Å²) in [6, 6.07) is -0.259. The van der Waals surface area contributed by atoms with Crippen molar-refractivity contribution in [3.8, 4) is 0 Å². The van der Waals surface area contributed by atoms with Gasteiger partial charge in [0.2, 0.25) is 0 Å². The fourth-order valence-corrected chi connectivity index (χ4v) is 3.52. The zero-order valence-electron chi connectivity index (χ0n) is 10.0. The van der Waals surface area contributed by atoms with Crippen LogP contribution in [0.5, 0.6) is 0 Å². The molecule has 2 aliphatic rings. The van der Waals surface area contributed by atoms with Crippen molar-refractivity contribution in [2.45, 2.75) is 39.7 Å². The fourth-order valence-electron chi connectivity index (χ4n) is 3.52. The predicted molar refractivity (Wildman–Crippen MR) is 59.0 cm³/mol. The quantitative estimate of drug-likeness (QED) is 0.753. The number of fused-ring (bicyclic) bond motifs is 2. The number of nitrogens with one attached hydrogen (secondary N) is 1. The van der Waals surface area contributed by atoms with Gasteiger partial charge in [-0.2, -0.15) is 0 Å². The Labute approximate surface area is 95.4 Å². The van der Waals surface area contributed by atoms with E-state index in [0.717, 1.165) is 12.8 Å². The molecule has 0 saturated heterocycles. The van der Waals surface area contributed by atoms with Crippen LogP contribution in [-0.2, 0) is 9.59 Å². The lowest BCUT2D eigenvalue weighted by Gasteiger charge is -2.32. The molecule has 0 heterocycles. The predicted octanol–water partition coefficient (Wildman–Crippen LogP) is 1.05. The molecule has 16 heavy (non-hydrogen) atoms. The molecule has 3 atom stereocenters. The van der Waals surface area contributed by atoms with Crippen LogP contribution >= 0.6 is 0 Å². The Morgan fingerprint density at radius 3 is 2.56 bits per heavy atom. The number of rotatable bonds is 3. The van der Waals surface area contributed by atoms with E-state index in [2.05, 4.69) is 19.2 Å². The Bertz CT molecular complexity index is 350. The molecule has 0 aromatic heterocycles. The average molecular weight is 225 g/mol. The fraction of sp³-hybridized carbons (Fsp3) is 0.833. The lowest BCUT2D eigenvalue weighted by Crippen LogP contribution is -2.45. The van der Waals surface area contributed by atoms with Crippen molar-refractivity contribution in [1.82, 2.24) is 5.32 Å². The van der Waals surface area contributed by atoms with Crippen LogP contribution in [0.1, 0.15) is 33.6 Å². The Morgan fingerprint density at radius 1 is 1.50 bits per heavy atom. The largest absolute Gasteiger partial charge is 0.480 e. The number of carbonyl (C=O) groups excluding carboxylic acids is 1. The molecular weight excluding hydrogens is 206 g/mol. The third-order valence-corrected chi connectivity index (χ3v) is 5.01. The lowest BCUT2D eigenvalue weighted by molar-refractivity contribution is -0.136. The zero-order valence-corrected chi connectivity index (χ0v) is 10.0. The molecule has 2 aliphatic carbocycles. The van der Waals surface area contributed by atoms with Gasteiger partial charge in [0.1, 0.15) is 0 Å². The SMILES string of the molecule is CC12CCC(C(NCC(=O)O)C1=O)C2(C)C. The summed E-state index contributed by atoms with van der Waals surface area (Å²) in [5, 5.41) is 11.5. The van der Waals surface area contributed by atoms with Gasteiger partial charge in [-0.05, 0) is 24.2 Å². The lowest BCUT2D eigenvalue weighted by atomic mass is 9.70. The van der Waals surface area contributed by atoms with E-state index in [-0.39, 0.29) is 35.1 Å². The van der Waals surface area contributed by atoms with Gasteiger partial charge in [-0.25, -0.2) is 0 Å². The number of hydrogen-bond acceptors (Lipinski definition) is 3. The highest BCUT2D eigenvalue weighted by atomic mass is 16.4. The van der Waals surface area contributed by atoms with E-state index in [4.69, 9.17) is 5.11 Å². The Morgan fingerprint density at radius 2 is 2.12 bits per heavy atom. The minimum Gasteiger partial charge on any atom is -0.480 e. The van der Waals surface area contributed by atoms with E-state index in [0.29, 0.717) is 0 Å². The van der Waals surface area contributed by atoms with Crippen molar-refractivity contribution < 1.29 is 14.7 Å². The maximum atomic E-state index is 12.3. The van der Waals surface area contributed by atoms with Crippen molar-refractivity contribution in [1.29, 1.82) is 0 Å². The second-order valence-electron chi connectivity index (χ2n) is 5.82. The van der Waals surface area contributed by atoms with Crippen LogP contribution in [-0.4, -0.2) is 29.4 Å². The number of ketones is 1. The van der Waals surface area contributed by atoms with Gasteiger partial charge in [-0.15, -0.1) is 0 Å². The number of hydrogen-bond donors (Lipinski definition) is 2. The summed E-state index contributed by atoms with van der Waals surface area (Å²) < 4.78 is 0. The first-order valence-corrected chi connectivity index (χ1v) is 5.80. The minimum absolute atomic E-state index is 0.0136. The summed E-state index contributed by atoms with van der Waals surface area (Å²) in [6.45, 7) is 6.16. The third kappa shape index (κ3) is 1.25. The molecule has 4 nitrogen and oxygen atoms in total. The number of carbonyl (C=O) groups is 2. The summed E-state index contributed by atoms with van der Waals surface area (Å²) in [5.74, 6) is -0.419. The highest BCUT2D eigenvalue weighted by Crippen LogP contribution is 2.63. The summed E-state index contributed by atoms with van der Waals surface area (Å²) in [6.07, 6.45) is 1.96. The second kappa shape index (κ2) is 3.29. The monoisotopic (exact) mass is 225 g/mol. The van der Waals surface area contributed by atoms with Crippen LogP contribution in [0.2, 0.25) is 0 Å². The molecule has 2 bridgehead atoms. The maximum absolute atomic E-state index is 12.3. The highest BCUT2D eigenvalue weighted by Gasteiger charge is 2.65. The Hall–Kier alpha value is -0.900. The number of aliphatic carboxylic acids is 1. The molecule has 0 amide bonds. The molecule has 2 fully saturated rings. The topological polar surface area (TPSA) is 66.4 Å². The van der Waals surface area contributed by atoms with Gasteiger partial charge >= 0.3 is 5.97 Å². The van der Waals surface area contributed by atoms with Gasteiger partial charge in [-0.1, -0.05) is 20.8 Å². The van der Waals surface area contributed by atoms with Crippen molar-refractivity contribution in [2.75, 3.05) is 6.54 Å². The van der Waals surface area contributed by atoms with Crippen LogP contribution < -0.4 is 5.32 Å². The molecule has 0 radical (unpaired) electrons. The van der Waals surface area contributed by atoms with Crippen molar-refractivity contribution in [3.05, 3.63) is 0 Å². The smallest absolute Gasteiger partial charge is 0.317 e. The number of carboxylic acids is 1. The molecule has 0 spiro atoms. The van der Waals surface area contributed by atoms with E-state index in [1.165, 1.54) is 0 Å². The third-order valence-electron chi connectivity index (χ3n) is 5.01. The molecule has 0 aliphatic heterocycles. The number of Topliss-reactive ketones (excluding diaryl/α,β-unsaturated/α-hetero) is 1. The summed E-state index contributed by atoms with van der Waals surface area (Å²) in [5.41, 5.74) is -0.284. The van der Waals surface area contributed by atoms with Gasteiger partial charge in [0.05, 0.1) is 12.6 Å². The molecular formula is C12H19NO3. The number of carboxylic acid groups (broad SMARTS) is 1. The standard InChI is InChI=1S/C12H19NO3/c1-11(2)7-4-5-12(11,3)10(16)9(7)13-6-8(14)15/h7,9,13H,4-6H2,1-3H3,(H,14,15). The minimum atomic E-state index is -0.904. The van der Waals surface area contributed by atoms with E-state index in [1.807, 2.05) is 6.92 Å². The van der Waals surface area contributed by atoms with Gasteiger partial charge in [-0.3, -0.25) is 14.9 Å². The zero-order chi connectivity index (χ0) is 12.1. The van der Waals surface area contributed by atoms with Gasteiger partial charge < -0.3 is 5.11 Å². The molecule has 0 aromatic carbocycles. The van der Waals surface area contributed by atoms with Crippen LogP contribution in [0, 0.1) is 16.7 Å². The van der Waals surface area contributed by atoms with Crippen LogP contribution in [0.25, 0.3) is 0 Å². The molecule has 2 N–H and O–H groups in total. The summed E-state index contributed by atoms with van der Waals surface area (Å²) in [4.78, 5) is 22.8. The average Bonchev–Trinajstić information content (AvgIpc) is 2.47. The van der Waals surface area contributed by atoms with Gasteiger partial charge in [0.25, 0.3) is 0 Å². The molecule has 3 unspecified atom stereocenters. The second-order valence-corrected chi connectivity index (χ2v) is 5.82. The molecule has 90 valence electrons. The van der Waals surface area contributed by atoms with Crippen molar-refractivity contribution in [2.24, 2.45) is 16.7 Å². The molecule has 2 saturated carbocycles. The molecule has 2 rings (SSSR count).